The molecule has 1 unspecified atom stereocenters. The van der Waals surface area contributed by atoms with Crippen molar-refractivity contribution >= 4 is 5.91 Å². The highest BCUT2D eigenvalue weighted by Gasteiger charge is 2.27. The van der Waals surface area contributed by atoms with Gasteiger partial charge < -0.3 is 15.1 Å². The van der Waals surface area contributed by atoms with Crippen molar-refractivity contribution in [1.82, 2.24) is 15.1 Å². The Morgan fingerprint density at radius 2 is 2.06 bits per heavy atom. The Labute approximate surface area is 98.0 Å². The predicted octanol–water partition coefficient (Wildman–Crippen LogP) is 0.150. The summed E-state index contributed by atoms with van der Waals surface area (Å²) in [7, 11) is 2.11. The van der Waals surface area contributed by atoms with E-state index in [0.29, 0.717) is 5.91 Å². The van der Waals surface area contributed by atoms with Crippen LogP contribution in [0.2, 0.25) is 0 Å². The van der Waals surface area contributed by atoms with E-state index in [1.54, 1.807) is 0 Å². The number of likely N-dealkylation sites (tertiary alicyclic amines) is 1. The Hall–Kier alpha value is -0.610. The van der Waals surface area contributed by atoms with Gasteiger partial charge in [0.2, 0.25) is 5.91 Å². The third kappa shape index (κ3) is 2.95. The molecular formula is C12H23N3O. The third-order valence-electron chi connectivity index (χ3n) is 3.63. The maximum Gasteiger partial charge on any atom is 0.227 e. The van der Waals surface area contributed by atoms with Gasteiger partial charge in [-0.1, -0.05) is 0 Å². The summed E-state index contributed by atoms with van der Waals surface area (Å²) in [6.07, 6.45) is 3.33. The topological polar surface area (TPSA) is 35.6 Å². The van der Waals surface area contributed by atoms with E-state index in [1.807, 2.05) is 0 Å². The van der Waals surface area contributed by atoms with Gasteiger partial charge in [0, 0.05) is 26.2 Å². The maximum atomic E-state index is 12.3. The number of rotatable bonds is 1. The van der Waals surface area contributed by atoms with Crippen molar-refractivity contribution in [3.8, 4) is 0 Å². The van der Waals surface area contributed by atoms with E-state index in [1.165, 1.54) is 6.42 Å². The fourth-order valence-corrected chi connectivity index (χ4v) is 2.69. The van der Waals surface area contributed by atoms with Gasteiger partial charge in [-0.15, -0.1) is 0 Å². The van der Waals surface area contributed by atoms with E-state index in [9.17, 15) is 4.79 Å². The van der Waals surface area contributed by atoms with Gasteiger partial charge in [-0.05, 0) is 39.4 Å². The number of piperidine rings is 1. The smallest absolute Gasteiger partial charge is 0.227 e. The van der Waals surface area contributed by atoms with E-state index < -0.39 is 0 Å². The van der Waals surface area contributed by atoms with Gasteiger partial charge in [0.05, 0.1) is 5.92 Å². The monoisotopic (exact) mass is 225 g/mol. The Bertz CT molecular complexity index is 232. The zero-order chi connectivity index (χ0) is 11.4. The Morgan fingerprint density at radius 3 is 2.88 bits per heavy atom. The largest absolute Gasteiger partial charge is 0.341 e. The van der Waals surface area contributed by atoms with Crippen molar-refractivity contribution in [1.29, 1.82) is 0 Å². The summed E-state index contributed by atoms with van der Waals surface area (Å²) in [4.78, 5) is 16.7. The molecule has 4 nitrogen and oxygen atoms in total. The molecule has 16 heavy (non-hydrogen) atoms. The number of hydrogen-bond donors (Lipinski definition) is 1. The van der Waals surface area contributed by atoms with Crippen LogP contribution in [0.1, 0.15) is 19.3 Å². The first kappa shape index (κ1) is 11.9. The van der Waals surface area contributed by atoms with Gasteiger partial charge in [-0.3, -0.25) is 4.79 Å². The summed E-state index contributed by atoms with van der Waals surface area (Å²) in [5.41, 5.74) is 0. The molecule has 2 saturated heterocycles. The number of hydrogen-bond acceptors (Lipinski definition) is 3. The fourth-order valence-electron chi connectivity index (χ4n) is 2.69. The quantitative estimate of drug-likeness (QED) is 0.690. The molecule has 1 N–H and O–H groups in total. The van der Waals surface area contributed by atoms with Crippen molar-refractivity contribution in [2.24, 2.45) is 5.92 Å². The second kappa shape index (κ2) is 5.64. The first-order valence-corrected chi connectivity index (χ1v) is 6.45. The highest BCUT2D eigenvalue weighted by atomic mass is 16.2. The standard InChI is InChI=1S/C12H23N3O/c1-14-7-2-4-11(10-14)12(16)15-8-3-5-13-6-9-15/h11,13H,2-10H2,1H3. The summed E-state index contributed by atoms with van der Waals surface area (Å²) in [6.45, 7) is 5.92. The summed E-state index contributed by atoms with van der Waals surface area (Å²) >= 11 is 0. The van der Waals surface area contributed by atoms with Gasteiger partial charge in [0.25, 0.3) is 0 Å². The molecule has 0 bridgehead atoms. The van der Waals surface area contributed by atoms with Crippen LogP contribution in [0, 0.1) is 5.92 Å². The van der Waals surface area contributed by atoms with Gasteiger partial charge >= 0.3 is 0 Å². The number of nitrogens with zero attached hydrogens (tertiary/aromatic N) is 2. The highest BCUT2D eigenvalue weighted by Crippen LogP contribution is 2.18. The number of carbonyl (C=O) groups is 1. The van der Waals surface area contributed by atoms with Crippen LogP contribution in [0.3, 0.4) is 0 Å². The molecule has 1 amide bonds. The van der Waals surface area contributed by atoms with Gasteiger partial charge in [0.1, 0.15) is 0 Å². The molecule has 0 aromatic rings. The zero-order valence-corrected chi connectivity index (χ0v) is 10.2. The Balaban J connectivity index is 1.89. The molecule has 0 aliphatic carbocycles. The van der Waals surface area contributed by atoms with Gasteiger partial charge in [-0.25, -0.2) is 0 Å². The molecular weight excluding hydrogens is 202 g/mol. The van der Waals surface area contributed by atoms with Gasteiger partial charge in [0.15, 0.2) is 0 Å². The molecule has 0 spiro atoms. The molecule has 0 saturated carbocycles. The molecule has 2 fully saturated rings. The zero-order valence-electron chi connectivity index (χ0n) is 10.2. The van der Waals surface area contributed by atoms with Crippen LogP contribution in [0.15, 0.2) is 0 Å². The average Bonchev–Trinajstić information content (AvgIpc) is 2.56. The Morgan fingerprint density at radius 1 is 1.19 bits per heavy atom. The lowest BCUT2D eigenvalue weighted by Crippen LogP contribution is -2.44. The lowest BCUT2D eigenvalue weighted by atomic mass is 9.97. The van der Waals surface area contributed by atoms with Crippen LogP contribution in [-0.2, 0) is 4.79 Å². The van der Waals surface area contributed by atoms with Crippen molar-refractivity contribution in [3.63, 3.8) is 0 Å². The summed E-state index contributed by atoms with van der Waals surface area (Å²) in [5, 5.41) is 3.34. The molecule has 0 aromatic carbocycles. The van der Waals surface area contributed by atoms with Gasteiger partial charge in [-0.2, -0.15) is 0 Å². The normalized spacial score (nSPS) is 28.8. The second-order valence-electron chi connectivity index (χ2n) is 5.03. The predicted molar refractivity (Wildman–Crippen MR) is 64.3 cm³/mol. The highest BCUT2D eigenvalue weighted by molar-refractivity contribution is 5.79. The molecule has 2 heterocycles. The molecule has 92 valence electrons. The minimum Gasteiger partial charge on any atom is -0.341 e. The third-order valence-corrected chi connectivity index (χ3v) is 3.63. The second-order valence-corrected chi connectivity index (χ2v) is 5.03. The van der Waals surface area contributed by atoms with Crippen LogP contribution in [0.5, 0.6) is 0 Å². The van der Waals surface area contributed by atoms with E-state index >= 15 is 0 Å². The molecule has 0 radical (unpaired) electrons. The molecule has 1 atom stereocenters. The van der Waals surface area contributed by atoms with E-state index in [2.05, 4.69) is 22.2 Å². The van der Waals surface area contributed by atoms with Crippen LogP contribution in [-0.4, -0.2) is 62.0 Å². The summed E-state index contributed by atoms with van der Waals surface area (Å²) in [6, 6.07) is 0. The average molecular weight is 225 g/mol. The minimum atomic E-state index is 0.247. The lowest BCUT2D eigenvalue weighted by Gasteiger charge is -2.32. The van der Waals surface area contributed by atoms with Crippen LogP contribution >= 0.6 is 0 Å². The molecule has 2 aliphatic rings. The SMILES string of the molecule is CN1CCCC(C(=O)N2CCCNCC2)C1. The van der Waals surface area contributed by atoms with E-state index in [-0.39, 0.29) is 5.92 Å². The van der Waals surface area contributed by atoms with Crippen molar-refractivity contribution in [2.45, 2.75) is 19.3 Å². The fraction of sp³-hybridized carbons (Fsp3) is 0.917. The lowest BCUT2D eigenvalue weighted by molar-refractivity contribution is -0.137. The van der Waals surface area contributed by atoms with Crippen LogP contribution in [0.4, 0.5) is 0 Å². The van der Waals surface area contributed by atoms with Crippen molar-refractivity contribution < 1.29 is 4.79 Å². The molecule has 2 rings (SSSR count). The summed E-state index contributed by atoms with van der Waals surface area (Å²) < 4.78 is 0. The van der Waals surface area contributed by atoms with E-state index in [0.717, 1.165) is 52.1 Å². The Kier molecular flexibility index (Phi) is 4.18. The molecule has 4 heteroatoms. The van der Waals surface area contributed by atoms with Crippen LogP contribution in [0.25, 0.3) is 0 Å². The number of nitrogens with one attached hydrogen (secondary N) is 1. The first-order chi connectivity index (χ1) is 7.77. The van der Waals surface area contributed by atoms with E-state index in [4.69, 9.17) is 0 Å². The minimum absolute atomic E-state index is 0.247. The molecule has 0 aromatic heterocycles. The maximum absolute atomic E-state index is 12.3. The number of carbonyl (C=O) groups excluding carboxylic acids is 1. The summed E-state index contributed by atoms with van der Waals surface area (Å²) in [5.74, 6) is 0.632. The number of amides is 1. The van der Waals surface area contributed by atoms with Crippen LogP contribution < -0.4 is 5.32 Å². The molecule has 2 aliphatic heterocycles. The van der Waals surface area contributed by atoms with Crippen molar-refractivity contribution in [2.75, 3.05) is 46.3 Å². The van der Waals surface area contributed by atoms with Crippen molar-refractivity contribution in [3.05, 3.63) is 0 Å². The first-order valence-electron chi connectivity index (χ1n) is 6.45.